The Hall–Kier alpha value is -0.860. The van der Waals surface area contributed by atoms with Crippen LogP contribution >= 0.6 is 0 Å². The summed E-state index contributed by atoms with van der Waals surface area (Å²) in [4.78, 5) is 2.41. The van der Waals surface area contributed by atoms with Gasteiger partial charge in [-0.25, -0.2) is 0 Å². The number of nitrogens with zero attached hydrogens (tertiary/aromatic N) is 1. The maximum absolute atomic E-state index is 3.36. The van der Waals surface area contributed by atoms with Crippen LogP contribution in [0, 0.1) is 12.3 Å². The Labute approximate surface area is 112 Å². The molecule has 0 saturated heterocycles. The van der Waals surface area contributed by atoms with Crippen molar-refractivity contribution in [1.82, 2.24) is 10.2 Å². The molecule has 0 radical (unpaired) electrons. The molecule has 0 bridgehead atoms. The minimum atomic E-state index is 0.270. The van der Waals surface area contributed by atoms with E-state index < -0.39 is 0 Å². The molecule has 0 fully saturated rings. The van der Waals surface area contributed by atoms with Gasteiger partial charge in [0.15, 0.2) is 0 Å². The summed E-state index contributed by atoms with van der Waals surface area (Å²) in [5.74, 6) is 0. The SMILES string of the molecule is CNC(C)C(C)(C)CN(C)Cc1ccccc1C. The first-order chi connectivity index (χ1) is 8.36. The van der Waals surface area contributed by atoms with Crippen LogP contribution in [0.3, 0.4) is 0 Å². The Bertz CT molecular complexity index is 371. The van der Waals surface area contributed by atoms with Crippen LogP contribution in [0.25, 0.3) is 0 Å². The molecule has 0 aliphatic heterocycles. The zero-order chi connectivity index (χ0) is 13.8. The minimum absolute atomic E-state index is 0.270. The molecule has 2 heteroatoms. The molecule has 0 spiro atoms. The third kappa shape index (κ3) is 4.11. The Morgan fingerprint density at radius 1 is 1.28 bits per heavy atom. The minimum Gasteiger partial charge on any atom is -0.317 e. The van der Waals surface area contributed by atoms with Gasteiger partial charge in [0.25, 0.3) is 0 Å². The Morgan fingerprint density at radius 3 is 2.44 bits per heavy atom. The lowest BCUT2D eigenvalue weighted by Crippen LogP contribution is -2.44. The number of nitrogens with one attached hydrogen (secondary N) is 1. The lowest BCUT2D eigenvalue weighted by Gasteiger charge is -2.35. The van der Waals surface area contributed by atoms with Crippen LogP contribution < -0.4 is 5.32 Å². The summed E-state index contributed by atoms with van der Waals surface area (Å²) < 4.78 is 0. The molecule has 1 N–H and O–H groups in total. The highest BCUT2D eigenvalue weighted by atomic mass is 15.1. The molecule has 0 amide bonds. The van der Waals surface area contributed by atoms with Crippen molar-refractivity contribution in [2.45, 2.75) is 40.3 Å². The topological polar surface area (TPSA) is 15.3 Å². The number of aryl methyl sites for hydroxylation is 1. The predicted molar refractivity (Wildman–Crippen MR) is 79.8 cm³/mol. The van der Waals surface area contributed by atoms with Crippen LogP contribution in [0.2, 0.25) is 0 Å². The fourth-order valence-corrected chi connectivity index (χ4v) is 2.36. The summed E-state index contributed by atoms with van der Waals surface area (Å²) in [6, 6.07) is 9.14. The zero-order valence-corrected chi connectivity index (χ0v) is 12.7. The zero-order valence-electron chi connectivity index (χ0n) is 12.7. The quantitative estimate of drug-likeness (QED) is 0.832. The smallest absolute Gasteiger partial charge is 0.0233 e. The highest BCUT2D eigenvalue weighted by Gasteiger charge is 2.26. The number of hydrogen-bond donors (Lipinski definition) is 1. The van der Waals surface area contributed by atoms with E-state index in [1.165, 1.54) is 11.1 Å². The summed E-state index contributed by atoms with van der Waals surface area (Å²) in [6.45, 7) is 11.2. The average molecular weight is 248 g/mol. The highest BCUT2D eigenvalue weighted by molar-refractivity contribution is 5.25. The maximum Gasteiger partial charge on any atom is 0.0233 e. The third-order valence-corrected chi connectivity index (χ3v) is 3.98. The largest absolute Gasteiger partial charge is 0.317 e. The van der Waals surface area contributed by atoms with Crippen molar-refractivity contribution >= 4 is 0 Å². The molecule has 0 aliphatic carbocycles. The lowest BCUT2D eigenvalue weighted by molar-refractivity contribution is 0.164. The van der Waals surface area contributed by atoms with E-state index >= 15 is 0 Å². The van der Waals surface area contributed by atoms with Crippen molar-refractivity contribution < 1.29 is 0 Å². The first-order valence-corrected chi connectivity index (χ1v) is 6.77. The summed E-state index contributed by atoms with van der Waals surface area (Å²) >= 11 is 0. The van der Waals surface area contributed by atoms with Crippen molar-refractivity contribution in [3.05, 3.63) is 35.4 Å². The molecule has 1 rings (SSSR count). The molecule has 1 aromatic carbocycles. The predicted octanol–water partition coefficient (Wildman–Crippen LogP) is 3.06. The van der Waals surface area contributed by atoms with Gasteiger partial charge in [-0.15, -0.1) is 0 Å². The molecule has 0 aliphatic rings. The molecule has 102 valence electrons. The standard InChI is InChI=1S/C16H28N2/c1-13-9-7-8-10-15(13)11-18(6)12-16(3,4)14(2)17-5/h7-10,14,17H,11-12H2,1-6H3. The van der Waals surface area contributed by atoms with Crippen molar-refractivity contribution in [2.75, 3.05) is 20.6 Å². The monoisotopic (exact) mass is 248 g/mol. The molecule has 2 nitrogen and oxygen atoms in total. The molecule has 0 aromatic heterocycles. The van der Waals surface area contributed by atoms with Gasteiger partial charge in [0.2, 0.25) is 0 Å². The first kappa shape index (κ1) is 15.2. The Balaban J connectivity index is 2.62. The first-order valence-electron chi connectivity index (χ1n) is 6.77. The van der Waals surface area contributed by atoms with Crippen LogP contribution in [0.5, 0.6) is 0 Å². The lowest BCUT2D eigenvalue weighted by atomic mass is 9.85. The summed E-state index contributed by atoms with van der Waals surface area (Å²) in [5.41, 5.74) is 3.07. The van der Waals surface area contributed by atoms with Gasteiger partial charge in [-0.05, 0) is 44.5 Å². The van der Waals surface area contributed by atoms with Crippen molar-refractivity contribution in [3.63, 3.8) is 0 Å². The Kier molecular flexibility index (Phi) is 5.36. The van der Waals surface area contributed by atoms with Gasteiger partial charge < -0.3 is 10.2 Å². The van der Waals surface area contributed by atoms with E-state index in [1.807, 2.05) is 7.05 Å². The van der Waals surface area contributed by atoms with Crippen LogP contribution in [-0.4, -0.2) is 31.6 Å². The van der Waals surface area contributed by atoms with E-state index in [1.54, 1.807) is 0 Å². The van der Waals surface area contributed by atoms with Gasteiger partial charge in [-0.3, -0.25) is 0 Å². The molecule has 0 heterocycles. The van der Waals surface area contributed by atoms with Crippen molar-refractivity contribution in [2.24, 2.45) is 5.41 Å². The fraction of sp³-hybridized carbons (Fsp3) is 0.625. The highest BCUT2D eigenvalue weighted by Crippen LogP contribution is 2.22. The third-order valence-electron chi connectivity index (χ3n) is 3.98. The van der Waals surface area contributed by atoms with Crippen LogP contribution in [0.1, 0.15) is 31.9 Å². The second-order valence-corrected chi connectivity index (χ2v) is 6.10. The normalized spacial score (nSPS) is 13.9. The fourth-order valence-electron chi connectivity index (χ4n) is 2.36. The average Bonchev–Trinajstić information content (AvgIpc) is 2.30. The molecule has 1 atom stereocenters. The van der Waals surface area contributed by atoms with Crippen LogP contribution in [-0.2, 0) is 6.54 Å². The molecule has 1 unspecified atom stereocenters. The molecule has 18 heavy (non-hydrogen) atoms. The summed E-state index contributed by atoms with van der Waals surface area (Å²) in [5, 5.41) is 3.36. The van der Waals surface area contributed by atoms with Gasteiger partial charge in [0.1, 0.15) is 0 Å². The number of benzene rings is 1. The van der Waals surface area contributed by atoms with Crippen LogP contribution in [0.4, 0.5) is 0 Å². The van der Waals surface area contributed by atoms with Gasteiger partial charge in [-0.1, -0.05) is 38.1 Å². The van der Waals surface area contributed by atoms with Crippen molar-refractivity contribution in [3.8, 4) is 0 Å². The van der Waals surface area contributed by atoms with Gasteiger partial charge in [-0.2, -0.15) is 0 Å². The molecule has 0 saturated carbocycles. The molecule has 1 aromatic rings. The molecular formula is C16H28N2. The van der Waals surface area contributed by atoms with E-state index in [-0.39, 0.29) is 5.41 Å². The van der Waals surface area contributed by atoms with Gasteiger partial charge in [0, 0.05) is 19.1 Å². The van der Waals surface area contributed by atoms with Gasteiger partial charge >= 0.3 is 0 Å². The Morgan fingerprint density at radius 2 is 1.89 bits per heavy atom. The molecular weight excluding hydrogens is 220 g/mol. The van der Waals surface area contributed by atoms with E-state index in [0.29, 0.717) is 6.04 Å². The number of hydrogen-bond acceptors (Lipinski definition) is 2. The second kappa shape index (κ2) is 6.35. The van der Waals surface area contributed by atoms with E-state index in [0.717, 1.165) is 13.1 Å². The van der Waals surface area contributed by atoms with Gasteiger partial charge in [0.05, 0.1) is 0 Å². The number of rotatable bonds is 6. The second-order valence-electron chi connectivity index (χ2n) is 6.10. The summed E-state index contributed by atoms with van der Waals surface area (Å²) in [7, 11) is 4.24. The van der Waals surface area contributed by atoms with Crippen LogP contribution in [0.15, 0.2) is 24.3 Å². The van der Waals surface area contributed by atoms with E-state index in [2.05, 4.69) is 69.2 Å². The summed E-state index contributed by atoms with van der Waals surface area (Å²) in [6.07, 6.45) is 0. The van der Waals surface area contributed by atoms with Crippen molar-refractivity contribution in [1.29, 1.82) is 0 Å². The van der Waals surface area contributed by atoms with E-state index in [9.17, 15) is 0 Å². The maximum atomic E-state index is 3.36. The van der Waals surface area contributed by atoms with E-state index in [4.69, 9.17) is 0 Å².